The van der Waals surface area contributed by atoms with E-state index in [9.17, 15) is 9.59 Å². The molecule has 210 valence electrons. The van der Waals surface area contributed by atoms with Gasteiger partial charge < -0.3 is 23.7 Å². The van der Waals surface area contributed by atoms with Crippen LogP contribution in [0, 0.1) is 0 Å². The second-order valence-corrected chi connectivity index (χ2v) is 10.1. The van der Waals surface area contributed by atoms with Crippen LogP contribution in [0.25, 0.3) is 0 Å². The Bertz CT molecular complexity index is 921. The number of carbonyl (C=O) groups excluding carboxylic acids is 2. The molecule has 0 N–H and O–H groups in total. The summed E-state index contributed by atoms with van der Waals surface area (Å²) in [6.07, 6.45) is 15.5. The summed E-state index contributed by atoms with van der Waals surface area (Å²) in [5.74, 6) is -0.484. The van der Waals surface area contributed by atoms with E-state index in [0.29, 0.717) is 25.6 Å². The Morgan fingerprint density at radius 3 is 2.00 bits per heavy atom. The average molecular weight is 527 g/mol. The summed E-state index contributed by atoms with van der Waals surface area (Å²) in [6, 6.07) is 13.3. The summed E-state index contributed by atoms with van der Waals surface area (Å²) in [5.41, 5.74) is 1.15. The Balaban J connectivity index is 1.20. The van der Waals surface area contributed by atoms with Crippen LogP contribution in [0.5, 0.6) is 5.95 Å². The number of carbonyl (C=O) groups is 2. The lowest BCUT2D eigenvalue weighted by Gasteiger charge is -2.36. The number of para-hydroxylation sites is 1. The first kappa shape index (κ1) is 29.6. The SMILES string of the molecule is CCCCCCCCCCCCCCOc1ccc(C(=O)OCC(=O)N2CCN(c3ccccc3)CC2)o1. The smallest absolute Gasteiger partial charge is 0.374 e. The molecule has 0 spiro atoms. The van der Waals surface area contributed by atoms with Gasteiger partial charge in [0.15, 0.2) is 6.61 Å². The van der Waals surface area contributed by atoms with E-state index in [0.717, 1.165) is 31.6 Å². The minimum Gasteiger partial charge on any atom is -0.465 e. The molecule has 3 rings (SSSR count). The number of hydrogen-bond donors (Lipinski definition) is 0. The molecule has 0 unspecified atom stereocenters. The molecular formula is C31H46N2O5. The molecule has 1 aromatic heterocycles. The zero-order valence-corrected chi connectivity index (χ0v) is 23.2. The Kier molecular flexibility index (Phi) is 13.7. The number of rotatable bonds is 18. The number of esters is 1. The predicted molar refractivity (Wildman–Crippen MR) is 151 cm³/mol. The lowest BCUT2D eigenvalue weighted by Crippen LogP contribution is -2.49. The van der Waals surface area contributed by atoms with Crippen molar-refractivity contribution < 1.29 is 23.5 Å². The van der Waals surface area contributed by atoms with Crippen molar-refractivity contribution in [3.8, 4) is 5.95 Å². The first-order chi connectivity index (χ1) is 18.7. The quantitative estimate of drug-likeness (QED) is 0.156. The molecule has 0 atom stereocenters. The van der Waals surface area contributed by atoms with Gasteiger partial charge in [0, 0.05) is 37.9 Å². The highest BCUT2D eigenvalue weighted by molar-refractivity contribution is 5.89. The van der Waals surface area contributed by atoms with Gasteiger partial charge in [0.2, 0.25) is 5.76 Å². The molecule has 1 saturated heterocycles. The van der Waals surface area contributed by atoms with Gasteiger partial charge in [0.25, 0.3) is 11.9 Å². The average Bonchev–Trinajstić information content (AvgIpc) is 3.44. The first-order valence-electron chi connectivity index (χ1n) is 14.6. The highest BCUT2D eigenvalue weighted by Crippen LogP contribution is 2.19. The third-order valence-corrected chi connectivity index (χ3v) is 7.11. The minimum absolute atomic E-state index is 0.0522. The number of amides is 1. The monoisotopic (exact) mass is 526 g/mol. The fourth-order valence-electron chi connectivity index (χ4n) is 4.77. The van der Waals surface area contributed by atoms with Gasteiger partial charge in [-0.25, -0.2) is 4.79 Å². The van der Waals surface area contributed by atoms with Gasteiger partial charge in [0.1, 0.15) is 0 Å². The molecule has 0 bridgehead atoms. The molecule has 7 nitrogen and oxygen atoms in total. The standard InChI is InChI=1S/C31H46N2O5/c1-2-3-4-5-6-7-8-9-10-11-12-16-25-36-30-20-19-28(38-30)31(35)37-26-29(34)33-23-21-32(22-24-33)27-17-14-13-15-18-27/h13-15,17-20H,2-12,16,21-26H2,1H3. The lowest BCUT2D eigenvalue weighted by molar-refractivity contribution is -0.134. The maximum atomic E-state index is 12.5. The Morgan fingerprint density at radius 2 is 1.37 bits per heavy atom. The highest BCUT2D eigenvalue weighted by atomic mass is 16.6. The maximum Gasteiger partial charge on any atom is 0.374 e. The number of ether oxygens (including phenoxy) is 2. The summed E-state index contributed by atoms with van der Waals surface area (Å²) in [4.78, 5) is 28.8. The van der Waals surface area contributed by atoms with E-state index in [1.807, 2.05) is 18.2 Å². The molecule has 0 saturated carbocycles. The van der Waals surface area contributed by atoms with Crippen LogP contribution in [-0.2, 0) is 9.53 Å². The van der Waals surface area contributed by atoms with Crippen molar-refractivity contribution in [2.75, 3.05) is 44.3 Å². The number of nitrogens with zero attached hydrogens (tertiary/aromatic N) is 2. The molecular weight excluding hydrogens is 480 g/mol. The van der Waals surface area contributed by atoms with Crippen LogP contribution in [0.15, 0.2) is 46.9 Å². The summed E-state index contributed by atoms with van der Waals surface area (Å²) in [7, 11) is 0. The maximum absolute atomic E-state index is 12.5. The zero-order valence-electron chi connectivity index (χ0n) is 23.2. The molecule has 1 amide bonds. The fourth-order valence-corrected chi connectivity index (χ4v) is 4.77. The largest absolute Gasteiger partial charge is 0.465 e. The van der Waals surface area contributed by atoms with Crippen molar-refractivity contribution in [1.29, 1.82) is 0 Å². The van der Waals surface area contributed by atoms with E-state index in [1.54, 1.807) is 11.0 Å². The van der Waals surface area contributed by atoms with Crippen molar-refractivity contribution in [2.24, 2.45) is 0 Å². The second kappa shape index (κ2) is 17.5. The molecule has 38 heavy (non-hydrogen) atoms. The summed E-state index contributed by atoms with van der Waals surface area (Å²) in [5, 5.41) is 0. The molecule has 1 aromatic carbocycles. The predicted octanol–water partition coefficient (Wildman–Crippen LogP) is 6.87. The number of hydrogen-bond acceptors (Lipinski definition) is 6. The Labute approximate surface area is 228 Å². The van der Waals surface area contributed by atoms with E-state index in [4.69, 9.17) is 13.9 Å². The molecule has 7 heteroatoms. The van der Waals surface area contributed by atoms with E-state index < -0.39 is 5.97 Å². The van der Waals surface area contributed by atoms with Crippen molar-refractivity contribution in [3.63, 3.8) is 0 Å². The van der Waals surface area contributed by atoms with Crippen LogP contribution >= 0.6 is 0 Å². The fraction of sp³-hybridized carbons (Fsp3) is 0.613. The van der Waals surface area contributed by atoms with E-state index in [1.165, 1.54) is 70.3 Å². The van der Waals surface area contributed by atoms with E-state index in [-0.39, 0.29) is 18.3 Å². The van der Waals surface area contributed by atoms with Crippen molar-refractivity contribution in [1.82, 2.24) is 4.90 Å². The Hall–Kier alpha value is -2.96. The van der Waals surface area contributed by atoms with Gasteiger partial charge in [-0.3, -0.25) is 4.79 Å². The minimum atomic E-state index is -0.651. The number of anilines is 1. The number of unbranched alkanes of at least 4 members (excludes halogenated alkanes) is 11. The van der Waals surface area contributed by atoms with Crippen LogP contribution in [-0.4, -0.2) is 56.2 Å². The third-order valence-electron chi connectivity index (χ3n) is 7.11. The van der Waals surface area contributed by atoms with Gasteiger partial charge in [0.05, 0.1) is 6.61 Å². The van der Waals surface area contributed by atoms with Gasteiger partial charge in [-0.05, 0) is 24.6 Å². The summed E-state index contributed by atoms with van der Waals surface area (Å²) < 4.78 is 16.3. The molecule has 1 aliphatic heterocycles. The van der Waals surface area contributed by atoms with E-state index in [2.05, 4.69) is 24.0 Å². The van der Waals surface area contributed by atoms with Crippen LogP contribution in [0.2, 0.25) is 0 Å². The molecule has 2 heterocycles. The lowest BCUT2D eigenvalue weighted by atomic mass is 10.1. The van der Waals surface area contributed by atoms with Gasteiger partial charge in [-0.15, -0.1) is 0 Å². The van der Waals surface area contributed by atoms with Gasteiger partial charge in [-0.2, -0.15) is 0 Å². The topological polar surface area (TPSA) is 72.2 Å². The van der Waals surface area contributed by atoms with Crippen molar-refractivity contribution in [3.05, 3.63) is 48.2 Å². The van der Waals surface area contributed by atoms with Crippen LogP contribution < -0.4 is 9.64 Å². The van der Waals surface area contributed by atoms with Crippen molar-refractivity contribution >= 4 is 17.6 Å². The van der Waals surface area contributed by atoms with Crippen LogP contribution in [0.1, 0.15) is 94.5 Å². The normalized spacial score (nSPS) is 13.5. The zero-order chi connectivity index (χ0) is 26.8. The first-order valence-corrected chi connectivity index (χ1v) is 14.6. The molecule has 1 aliphatic rings. The molecule has 0 radical (unpaired) electrons. The number of benzene rings is 1. The molecule has 0 aliphatic carbocycles. The van der Waals surface area contributed by atoms with Crippen molar-refractivity contribution in [2.45, 2.75) is 84.0 Å². The molecule has 2 aromatic rings. The Morgan fingerprint density at radius 1 is 0.763 bits per heavy atom. The number of furan rings is 1. The second-order valence-electron chi connectivity index (χ2n) is 10.1. The molecule has 1 fully saturated rings. The summed E-state index contributed by atoms with van der Waals surface area (Å²) in [6.45, 7) is 5.23. The van der Waals surface area contributed by atoms with Crippen LogP contribution in [0.4, 0.5) is 5.69 Å². The third kappa shape index (κ3) is 10.8. The highest BCUT2D eigenvalue weighted by Gasteiger charge is 2.23. The van der Waals surface area contributed by atoms with Gasteiger partial charge in [-0.1, -0.05) is 95.8 Å². The van der Waals surface area contributed by atoms with E-state index >= 15 is 0 Å². The van der Waals surface area contributed by atoms with Gasteiger partial charge >= 0.3 is 5.97 Å². The number of piperazine rings is 1. The van der Waals surface area contributed by atoms with Crippen LogP contribution in [0.3, 0.4) is 0 Å². The summed E-state index contributed by atoms with van der Waals surface area (Å²) >= 11 is 0.